The van der Waals surface area contributed by atoms with Crippen molar-refractivity contribution in [2.75, 3.05) is 32.8 Å². The summed E-state index contributed by atoms with van der Waals surface area (Å²) in [4.78, 5) is 15.4. The van der Waals surface area contributed by atoms with Crippen LogP contribution in [0.25, 0.3) is 10.1 Å². The van der Waals surface area contributed by atoms with Crippen molar-refractivity contribution in [1.82, 2.24) is 10.2 Å². The van der Waals surface area contributed by atoms with E-state index in [2.05, 4.69) is 24.1 Å². The van der Waals surface area contributed by atoms with E-state index >= 15 is 0 Å². The third kappa shape index (κ3) is 3.77. The molecule has 24 heavy (non-hydrogen) atoms. The molecule has 130 valence electrons. The average Bonchev–Trinajstić information content (AvgIpc) is 3.01. The van der Waals surface area contributed by atoms with Gasteiger partial charge in [-0.3, -0.25) is 9.69 Å². The number of amides is 1. The van der Waals surface area contributed by atoms with Crippen LogP contribution < -0.4 is 5.32 Å². The van der Waals surface area contributed by atoms with E-state index in [-0.39, 0.29) is 17.8 Å². The summed E-state index contributed by atoms with van der Waals surface area (Å²) in [7, 11) is 0. The van der Waals surface area contributed by atoms with E-state index in [1.54, 1.807) is 12.1 Å². The number of hydrogen-bond donors (Lipinski definition) is 1. The zero-order valence-corrected chi connectivity index (χ0v) is 14.9. The molecule has 0 radical (unpaired) electrons. The molecule has 2 heterocycles. The van der Waals surface area contributed by atoms with Crippen molar-refractivity contribution in [1.29, 1.82) is 0 Å². The lowest BCUT2D eigenvalue weighted by Crippen LogP contribution is -2.51. The van der Waals surface area contributed by atoms with E-state index in [1.165, 1.54) is 17.4 Å². The van der Waals surface area contributed by atoms with Gasteiger partial charge in [-0.15, -0.1) is 11.3 Å². The van der Waals surface area contributed by atoms with Crippen LogP contribution in [0.15, 0.2) is 24.3 Å². The minimum absolute atomic E-state index is 0.130. The van der Waals surface area contributed by atoms with Crippen LogP contribution in [0.2, 0.25) is 0 Å². The van der Waals surface area contributed by atoms with E-state index in [1.807, 2.05) is 6.07 Å². The number of morpholine rings is 1. The highest BCUT2D eigenvalue weighted by molar-refractivity contribution is 7.20. The van der Waals surface area contributed by atoms with Crippen molar-refractivity contribution in [3.05, 3.63) is 35.0 Å². The molecule has 2 aromatic rings. The van der Waals surface area contributed by atoms with Gasteiger partial charge < -0.3 is 10.1 Å². The van der Waals surface area contributed by atoms with E-state index in [9.17, 15) is 9.18 Å². The lowest BCUT2D eigenvalue weighted by Gasteiger charge is -2.36. The number of fused-ring (bicyclic) bond motifs is 1. The van der Waals surface area contributed by atoms with Gasteiger partial charge in [-0.2, -0.15) is 0 Å². The summed E-state index contributed by atoms with van der Waals surface area (Å²) in [5.74, 6) is 0.0222. The fraction of sp³-hybridized carbons (Fsp3) is 0.500. The molecule has 1 atom stereocenters. The molecule has 1 aliphatic rings. The second-order valence-corrected chi connectivity index (χ2v) is 7.52. The molecule has 1 unspecified atom stereocenters. The molecule has 1 aromatic heterocycles. The molecule has 4 nitrogen and oxygen atoms in total. The zero-order valence-electron chi connectivity index (χ0n) is 14.0. The van der Waals surface area contributed by atoms with E-state index in [0.29, 0.717) is 22.7 Å². The van der Waals surface area contributed by atoms with Gasteiger partial charge in [0.25, 0.3) is 5.91 Å². The molecule has 0 aliphatic carbocycles. The minimum Gasteiger partial charge on any atom is -0.379 e. The second kappa shape index (κ2) is 7.59. The molecular formula is C18H23FN2O2S. The number of nitrogens with zero attached hydrogens (tertiary/aromatic N) is 1. The molecule has 0 spiro atoms. The number of nitrogens with one attached hydrogen (secondary N) is 1. The predicted octanol–water partition coefficient (Wildman–Crippen LogP) is 3.13. The number of halogens is 1. The van der Waals surface area contributed by atoms with E-state index < -0.39 is 0 Å². The number of rotatable bonds is 5. The van der Waals surface area contributed by atoms with Gasteiger partial charge in [0.05, 0.1) is 18.1 Å². The van der Waals surface area contributed by atoms with Crippen molar-refractivity contribution in [3.63, 3.8) is 0 Å². The molecule has 1 fully saturated rings. The molecule has 1 aromatic carbocycles. The van der Waals surface area contributed by atoms with Gasteiger partial charge >= 0.3 is 0 Å². The summed E-state index contributed by atoms with van der Waals surface area (Å²) < 4.78 is 20.0. The van der Waals surface area contributed by atoms with Crippen molar-refractivity contribution in [2.45, 2.75) is 19.9 Å². The number of hydrogen-bond acceptors (Lipinski definition) is 4. The third-order valence-electron chi connectivity index (χ3n) is 4.49. The number of benzene rings is 1. The standard InChI is InChI=1S/C18H23FN2O2S/c1-12(2)15(21-6-8-23-9-7-21)11-20-18(22)17-10-13-14(19)4-3-5-16(13)24-17/h3-5,10,12,15H,6-9,11H2,1-2H3,(H,20,22). The first-order valence-corrected chi connectivity index (χ1v) is 9.16. The summed E-state index contributed by atoms with van der Waals surface area (Å²) in [6.45, 7) is 8.20. The first-order valence-electron chi connectivity index (χ1n) is 8.34. The van der Waals surface area contributed by atoms with Crippen molar-refractivity contribution in [3.8, 4) is 0 Å². The lowest BCUT2D eigenvalue weighted by molar-refractivity contribution is 0.00674. The summed E-state index contributed by atoms with van der Waals surface area (Å²) in [5, 5.41) is 3.54. The number of carbonyl (C=O) groups excluding carboxylic acids is 1. The van der Waals surface area contributed by atoms with Gasteiger partial charge in [-0.05, 0) is 24.1 Å². The van der Waals surface area contributed by atoms with Crippen molar-refractivity contribution in [2.24, 2.45) is 5.92 Å². The number of thiophene rings is 1. The zero-order chi connectivity index (χ0) is 17.1. The normalized spacial score (nSPS) is 17.3. The molecule has 1 amide bonds. The number of carbonyl (C=O) groups is 1. The van der Waals surface area contributed by atoms with Gasteiger partial charge in [0.2, 0.25) is 0 Å². The van der Waals surface area contributed by atoms with Crippen molar-refractivity contribution >= 4 is 27.3 Å². The predicted molar refractivity (Wildman–Crippen MR) is 95.1 cm³/mol. The van der Waals surface area contributed by atoms with Crippen LogP contribution in [0.1, 0.15) is 23.5 Å². The molecule has 1 aliphatic heterocycles. The third-order valence-corrected chi connectivity index (χ3v) is 5.59. The maximum absolute atomic E-state index is 13.8. The smallest absolute Gasteiger partial charge is 0.261 e. The Bertz CT molecular complexity index is 710. The Morgan fingerprint density at radius 1 is 1.38 bits per heavy atom. The quantitative estimate of drug-likeness (QED) is 0.901. The van der Waals surface area contributed by atoms with Crippen LogP contribution in [-0.4, -0.2) is 49.7 Å². The summed E-state index contributed by atoms with van der Waals surface area (Å²) in [6.07, 6.45) is 0. The Morgan fingerprint density at radius 2 is 2.12 bits per heavy atom. The Balaban J connectivity index is 1.67. The first-order chi connectivity index (χ1) is 11.6. The van der Waals surface area contributed by atoms with Gasteiger partial charge in [0.1, 0.15) is 5.82 Å². The van der Waals surface area contributed by atoms with Gasteiger partial charge in [-0.1, -0.05) is 19.9 Å². The SMILES string of the molecule is CC(C)C(CNC(=O)c1cc2c(F)cccc2s1)N1CCOCC1. The highest BCUT2D eigenvalue weighted by Gasteiger charge is 2.24. The molecule has 3 rings (SSSR count). The minimum atomic E-state index is -0.281. The Kier molecular flexibility index (Phi) is 5.48. The summed E-state index contributed by atoms with van der Waals surface area (Å²) in [5.41, 5.74) is 0. The largest absolute Gasteiger partial charge is 0.379 e. The topological polar surface area (TPSA) is 41.6 Å². The summed E-state index contributed by atoms with van der Waals surface area (Å²) in [6, 6.07) is 6.85. The monoisotopic (exact) mass is 350 g/mol. The van der Waals surface area contributed by atoms with Gasteiger partial charge in [-0.25, -0.2) is 4.39 Å². The molecule has 1 saturated heterocycles. The molecule has 0 bridgehead atoms. The Hall–Kier alpha value is -1.50. The maximum Gasteiger partial charge on any atom is 0.261 e. The lowest BCUT2D eigenvalue weighted by atomic mass is 10.0. The Labute approximate surface area is 145 Å². The number of ether oxygens (including phenoxy) is 1. The fourth-order valence-corrected chi connectivity index (χ4v) is 4.11. The summed E-state index contributed by atoms with van der Waals surface area (Å²) >= 11 is 1.33. The van der Waals surface area contributed by atoms with Crippen LogP contribution >= 0.6 is 11.3 Å². The van der Waals surface area contributed by atoms with Gasteiger partial charge in [0.15, 0.2) is 0 Å². The highest BCUT2D eigenvalue weighted by Crippen LogP contribution is 2.27. The van der Waals surface area contributed by atoms with Crippen LogP contribution in [0.5, 0.6) is 0 Å². The van der Waals surface area contributed by atoms with E-state index in [4.69, 9.17) is 4.74 Å². The van der Waals surface area contributed by atoms with Gasteiger partial charge in [0, 0.05) is 35.8 Å². The first kappa shape index (κ1) is 17.3. The van der Waals surface area contributed by atoms with E-state index in [0.717, 1.165) is 31.0 Å². The molecule has 1 N–H and O–H groups in total. The second-order valence-electron chi connectivity index (χ2n) is 6.43. The van der Waals surface area contributed by atoms with Crippen molar-refractivity contribution < 1.29 is 13.9 Å². The molecule has 0 saturated carbocycles. The average molecular weight is 350 g/mol. The van der Waals surface area contributed by atoms with Crippen LogP contribution in [0.3, 0.4) is 0 Å². The fourth-order valence-electron chi connectivity index (χ4n) is 3.12. The van der Waals surface area contributed by atoms with Crippen LogP contribution in [0.4, 0.5) is 4.39 Å². The molecule has 6 heteroatoms. The van der Waals surface area contributed by atoms with Crippen LogP contribution in [-0.2, 0) is 4.74 Å². The highest BCUT2D eigenvalue weighted by atomic mass is 32.1. The maximum atomic E-state index is 13.8. The van der Waals surface area contributed by atoms with Crippen LogP contribution in [0, 0.1) is 11.7 Å². The molecular weight excluding hydrogens is 327 g/mol. The Morgan fingerprint density at radius 3 is 2.79 bits per heavy atom.